The number of nitriles is 1. The van der Waals surface area contributed by atoms with E-state index in [1.54, 1.807) is 18.2 Å². The third kappa shape index (κ3) is 4.82. The second kappa shape index (κ2) is 9.07. The van der Waals surface area contributed by atoms with Crippen molar-refractivity contribution in [1.29, 1.82) is 5.26 Å². The number of nitrogens with zero attached hydrogens (tertiary/aromatic N) is 2. The Hall–Kier alpha value is -2.59. The molecule has 2 aromatic rings. The maximum atomic E-state index is 14.5. The van der Waals surface area contributed by atoms with Crippen molar-refractivity contribution in [2.24, 2.45) is 0 Å². The van der Waals surface area contributed by atoms with Gasteiger partial charge in [0.2, 0.25) is 0 Å². The van der Waals surface area contributed by atoms with Crippen LogP contribution in [0.1, 0.15) is 5.56 Å². The Bertz CT molecular complexity index is 966. The minimum atomic E-state index is -0.626. The van der Waals surface area contributed by atoms with Crippen molar-refractivity contribution >= 4 is 46.6 Å². The summed E-state index contributed by atoms with van der Waals surface area (Å²) in [4.78, 5) is 14.2. The highest BCUT2D eigenvalue weighted by atomic mass is 35.5. The molecule has 1 fully saturated rings. The molecule has 0 saturated carbocycles. The van der Waals surface area contributed by atoms with Gasteiger partial charge in [-0.05, 0) is 42.0 Å². The van der Waals surface area contributed by atoms with Gasteiger partial charge in [0.15, 0.2) is 0 Å². The summed E-state index contributed by atoms with van der Waals surface area (Å²) in [6.45, 7) is 2.33. The van der Waals surface area contributed by atoms with Gasteiger partial charge in [0.1, 0.15) is 17.5 Å². The van der Waals surface area contributed by atoms with Crippen LogP contribution >= 0.6 is 23.2 Å². The predicted molar refractivity (Wildman–Crippen MR) is 108 cm³/mol. The molecule has 0 radical (unpaired) electrons. The molecule has 1 aliphatic rings. The second-order valence-electron chi connectivity index (χ2n) is 6.06. The van der Waals surface area contributed by atoms with E-state index in [1.165, 1.54) is 24.3 Å². The molecule has 5 nitrogen and oxygen atoms in total. The van der Waals surface area contributed by atoms with Crippen LogP contribution in [0.25, 0.3) is 6.08 Å². The van der Waals surface area contributed by atoms with Gasteiger partial charge in [0.05, 0.1) is 28.9 Å². The molecule has 0 unspecified atom stereocenters. The summed E-state index contributed by atoms with van der Waals surface area (Å²) in [7, 11) is 0. The van der Waals surface area contributed by atoms with Crippen LogP contribution in [0, 0.1) is 17.1 Å². The number of hydrogen-bond donors (Lipinski definition) is 1. The summed E-state index contributed by atoms with van der Waals surface area (Å²) in [5, 5.41) is 12.5. The van der Waals surface area contributed by atoms with E-state index in [1.807, 2.05) is 11.0 Å². The Balaban J connectivity index is 1.77. The van der Waals surface area contributed by atoms with Crippen molar-refractivity contribution in [3.8, 4) is 6.07 Å². The maximum Gasteiger partial charge on any atom is 0.266 e. The highest BCUT2D eigenvalue weighted by molar-refractivity contribution is 6.42. The molecule has 8 heteroatoms. The van der Waals surface area contributed by atoms with Gasteiger partial charge < -0.3 is 15.0 Å². The van der Waals surface area contributed by atoms with Crippen LogP contribution in [0.2, 0.25) is 10.0 Å². The average Bonchev–Trinajstić information content (AvgIpc) is 2.69. The smallest absolute Gasteiger partial charge is 0.266 e. The van der Waals surface area contributed by atoms with E-state index < -0.39 is 11.7 Å². The lowest BCUT2D eigenvalue weighted by Crippen LogP contribution is -2.36. The Morgan fingerprint density at radius 1 is 1.18 bits per heavy atom. The zero-order chi connectivity index (χ0) is 20.1. The molecular formula is C20H16Cl2FN3O2. The highest BCUT2D eigenvalue weighted by Crippen LogP contribution is 2.26. The molecule has 144 valence electrons. The van der Waals surface area contributed by atoms with E-state index in [-0.39, 0.29) is 10.6 Å². The van der Waals surface area contributed by atoms with Crippen LogP contribution in [0.4, 0.5) is 15.8 Å². The molecule has 2 aromatic carbocycles. The molecule has 0 spiro atoms. The summed E-state index contributed by atoms with van der Waals surface area (Å²) in [5.74, 6) is -1.05. The van der Waals surface area contributed by atoms with Gasteiger partial charge in [-0.3, -0.25) is 4.79 Å². The molecule has 0 aromatic heterocycles. The lowest BCUT2D eigenvalue weighted by atomic mass is 10.1. The molecule has 1 amide bonds. The van der Waals surface area contributed by atoms with Gasteiger partial charge >= 0.3 is 0 Å². The number of carbonyl (C=O) groups is 1. The molecule has 3 rings (SSSR count). The van der Waals surface area contributed by atoms with Crippen LogP contribution in [0.5, 0.6) is 0 Å². The van der Waals surface area contributed by atoms with E-state index in [2.05, 4.69) is 5.32 Å². The molecule has 0 atom stereocenters. The minimum Gasteiger partial charge on any atom is -0.378 e. The lowest BCUT2D eigenvalue weighted by molar-refractivity contribution is -0.112. The summed E-state index contributed by atoms with van der Waals surface area (Å²) in [5.41, 5.74) is 1.12. The van der Waals surface area contributed by atoms with Crippen molar-refractivity contribution in [1.82, 2.24) is 0 Å². The Morgan fingerprint density at radius 3 is 2.57 bits per heavy atom. The zero-order valence-electron chi connectivity index (χ0n) is 14.7. The molecule has 0 bridgehead atoms. The number of anilines is 2. The Kier molecular flexibility index (Phi) is 6.53. The minimum absolute atomic E-state index is 0.162. The predicted octanol–water partition coefficient (Wildman–Crippen LogP) is 4.51. The molecule has 1 saturated heterocycles. The summed E-state index contributed by atoms with van der Waals surface area (Å²) < 4.78 is 19.8. The third-order valence-electron chi connectivity index (χ3n) is 4.18. The SMILES string of the molecule is N#C/C(=C/c1ccc(N2CCOCC2)c(F)c1)C(=O)Nc1ccc(Cl)c(Cl)c1. The van der Waals surface area contributed by atoms with Crippen LogP contribution in [0.3, 0.4) is 0 Å². The number of carbonyl (C=O) groups excluding carboxylic acids is 1. The number of rotatable bonds is 4. The highest BCUT2D eigenvalue weighted by Gasteiger charge is 2.16. The van der Waals surface area contributed by atoms with Gasteiger partial charge in [-0.2, -0.15) is 5.26 Å². The first kappa shape index (κ1) is 20.2. The number of amides is 1. The standard InChI is InChI=1S/C20H16Cl2FN3O2/c21-16-3-2-15(11-17(16)22)25-20(27)14(12-24)9-13-1-4-19(18(23)10-13)26-5-7-28-8-6-26/h1-4,9-11H,5-8H2,(H,25,27)/b14-9-. The zero-order valence-corrected chi connectivity index (χ0v) is 16.2. The quantitative estimate of drug-likeness (QED) is 0.584. The number of nitrogens with one attached hydrogen (secondary N) is 1. The summed E-state index contributed by atoms with van der Waals surface area (Å²) >= 11 is 11.8. The first-order chi connectivity index (χ1) is 13.5. The van der Waals surface area contributed by atoms with Crippen LogP contribution < -0.4 is 10.2 Å². The fourth-order valence-corrected chi connectivity index (χ4v) is 3.06. The largest absolute Gasteiger partial charge is 0.378 e. The number of benzene rings is 2. The van der Waals surface area contributed by atoms with Crippen molar-refractivity contribution in [3.05, 3.63) is 63.4 Å². The van der Waals surface area contributed by atoms with E-state index in [0.29, 0.717) is 48.3 Å². The van der Waals surface area contributed by atoms with Crippen LogP contribution in [-0.4, -0.2) is 32.2 Å². The third-order valence-corrected chi connectivity index (χ3v) is 4.92. The van der Waals surface area contributed by atoms with Crippen LogP contribution in [-0.2, 0) is 9.53 Å². The summed E-state index contributed by atoms with van der Waals surface area (Å²) in [6.07, 6.45) is 1.33. The average molecular weight is 420 g/mol. The Labute approximate surface area is 171 Å². The van der Waals surface area contributed by atoms with Gasteiger partial charge in [-0.25, -0.2) is 4.39 Å². The number of morpholine rings is 1. The first-order valence-corrected chi connectivity index (χ1v) is 9.24. The first-order valence-electron chi connectivity index (χ1n) is 8.48. The van der Waals surface area contributed by atoms with Gasteiger partial charge in [0.25, 0.3) is 5.91 Å². The Morgan fingerprint density at radius 2 is 1.93 bits per heavy atom. The van der Waals surface area contributed by atoms with Crippen molar-refractivity contribution in [2.75, 3.05) is 36.5 Å². The van der Waals surface area contributed by atoms with Gasteiger partial charge in [0, 0.05) is 18.8 Å². The summed E-state index contributed by atoms with van der Waals surface area (Å²) in [6, 6.07) is 11.0. The van der Waals surface area contributed by atoms with Gasteiger partial charge in [-0.1, -0.05) is 29.3 Å². The van der Waals surface area contributed by atoms with E-state index >= 15 is 0 Å². The molecular weight excluding hydrogens is 404 g/mol. The number of halogens is 3. The lowest BCUT2D eigenvalue weighted by Gasteiger charge is -2.29. The van der Waals surface area contributed by atoms with E-state index in [9.17, 15) is 14.4 Å². The van der Waals surface area contributed by atoms with Crippen LogP contribution in [0.15, 0.2) is 42.0 Å². The molecule has 0 aliphatic carbocycles. The number of hydrogen-bond acceptors (Lipinski definition) is 4. The molecule has 1 aliphatic heterocycles. The molecule has 28 heavy (non-hydrogen) atoms. The maximum absolute atomic E-state index is 14.5. The fourth-order valence-electron chi connectivity index (χ4n) is 2.76. The van der Waals surface area contributed by atoms with Crippen molar-refractivity contribution in [3.63, 3.8) is 0 Å². The monoisotopic (exact) mass is 419 g/mol. The fraction of sp³-hybridized carbons (Fsp3) is 0.200. The topological polar surface area (TPSA) is 65.4 Å². The molecule has 1 heterocycles. The normalized spacial score (nSPS) is 14.5. The van der Waals surface area contributed by atoms with E-state index in [4.69, 9.17) is 27.9 Å². The van der Waals surface area contributed by atoms with E-state index in [0.717, 1.165) is 0 Å². The molecule has 1 N–H and O–H groups in total. The van der Waals surface area contributed by atoms with Crippen molar-refractivity contribution < 1.29 is 13.9 Å². The van der Waals surface area contributed by atoms with Crippen molar-refractivity contribution in [2.45, 2.75) is 0 Å². The number of ether oxygens (including phenoxy) is 1. The van der Waals surface area contributed by atoms with Gasteiger partial charge in [-0.15, -0.1) is 0 Å². The second-order valence-corrected chi connectivity index (χ2v) is 6.88.